The van der Waals surface area contributed by atoms with Gasteiger partial charge in [0.1, 0.15) is 4.88 Å². The Morgan fingerprint density at radius 2 is 2.12 bits per heavy atom. The molecule has 0 fully saturated rings. The van der Waals surface area contributed by atoms with Gasteiger partial charge >= 0.3 is 5.97 Å². The van der Waals surface area contributed by atoms with Crippen molar-refractivity contribution in [1.82, 2.24) is 4.98 Å². The number of benzene rings is 1. The molecule has 0 radical (unpaired) electrons. The van der Waals surface area contributed by atoms with Crippen LogP contribution in [0.2, 0.25) is 5.02 Å². The first-order chi connectivity index (χ1) is 8.18. The SMILES string of the molecule is O=C(O)c1scnc1CCc1ccccc1Cl. The smallest absolute Gasteiger partial charge is 0.347 e. The van der Waals surface area contributed by atoms with Crippen LogP contribution in [0.4, 0.5) is 0 Å². The molecule has 0 saturated heterocycles. The molecule has 1 heterocycles. The lowest BCUT2D eigenvalue weighted by molar-refractivity contribution is 0.0700. The second kappa shape index (κ2) is 5.29. The molecule has 1 aromatic carbocycles. The Labute approximate surface area is 108 Å². The van der Waals surface area contributed by atoms with Crippen LogP contribution < -0.4 is 0 Å². The number of carbonyl (C=O) groups is 1. The van der Waals surface area contributed by atoms with Crippen molar-refractivity contribution in [3.63, 3.8) is 0 Å². The summed E-state index contributed by atoms with van der Waals surface area (Å²) in [5, 5.41) is 9.66. The predicted octanol–water partition coefficient (Wildman–Crippen LogP) is 3.28. The lowest BCUT2D eigenvalue weighted by Crippen LogP contribution is -2.01. The van der Waals surface area contributed by atoms with Crippen LogP contribution in [0.3, 0.4) is 0 Å². The molecule has 3 nitrogen and oxygen atoms in total. The summed E-state index contributed by atoms with van der Waals surface area (Å²) in [7, 11) is 0. The summed E-state index contributed by atoms with van der Waals surface area (Å²) in [4.78, 5) is 15.3. The summed E-state index contributed by atoms with van der Waals surface area (Å²) >= 11 is 7.19. The van der Waals surface area contributed by atoms with Crippen molar-refractivity contribution in [2.45, 2.75) is 12.8 Å². The maximum atomic E-state index is 10.9. The lowest BCUT2D eigenvalue weighted by atomic mass is 10.1. The first-order valence-electron chi connectivity index (χ1n) is 5.07. The van der Waals surface area contributed by atoms with Crippen molar-refractivity contribution in [1.29, 1.82) is 0 Å². The van der Waals surface area contributed by atoms with Gasteiger partial charge in [0.25, 0.3) is 0 Å². The van der Waals surface area contributed by atoms with E-state index < -0.39 is 5.97 Å². The fourth-order valence-corrected chi connectivity index (χ4v) is 2.48. The maximum Gasteiger partial charge on any atom is 0.347 e. The number of aryl methyl sites for hydroxylation is 2. The molecule has 0 aliphatic rings. The third-order valence-corrected chi connectivity index (χ3v) is 3.65. The van der Waals surface area contributed by atoms with Gasteiger partial charge in [-0.25, -0.2) is 9.78 Å². The Morgan fingerprint density at radius 1 is 1.35 bits per heavy atom. The average molecular weight is 268 g/mol. The highest BCUT2D eigenvalue weighted by atomic mass is 35.5. The summed E-state index contributed by atoms with van der Waals surface area (Å²) in [5.74, 6) is -0.915. The van der Waals surface area contributed by atoms with Gasteiger partial charge in [0, 0.05) is 5.02 Å². The number of nitrogens with zero attached hydrogens (tertiary/aromatic N) is 1. The van der Waals surface area contributed by atoms with E-state index in [9.17, 15) is 4.79 Å². The number of aromatic carboxylic acids is 1. The van der Waals surface area contributed by atoms with Crippen LogP contribution in [0.1, 0.15) is 20.9 Å². The highest BCUT2D eigenvalue weighted by Crippen LogP contribution is 2.19. The molecular formula is C12H10ClNO2S. The number of hydrogen-bond acceptors (Lipinski definition) is 3. The fraction of sp³-hybridized carbons (Fsp3) is 0.167. The highest BCUT2D eigenvalue weighted by molar-refractivity contribution is 7.11. The fourth-order valence-electron chi connectivity index (χ4n) is 1.58. The Hall–Kier alpha value is -1.39. The third-order valence-electron chi connectivity index (χ3n) is 2.42. The molecule has 1 aromatic heterocycles. The van der Waals surface area contributed by atoms with Crippen LogP contribution in [-0.4, -0.2) is 16.1 Å². The van der Waals surface area contributed by atoms with Gasteiger partial charge in [0.15, 0.2) is 0 Å². The van der Waals surface area contributed by atoms with E-state index in [4.69, 9.17) is 16.7 Å². The summed E-state index contributed by atoms with van der Waals surface area (Å²) in [6.45, 7) is 0. The van der Waals surface area contributed by atoms with Gasteiger partial charge in [-0.3, -0.25) is 0 Å². The molecule has 0 aliphatic carbocycles. The quantitative estimate of drug-likeness (QED) is 0.925. The average Bonchev–Trinajstić information content (AvgIpc) is 2.76. The van der Waals surface area contributed by atoms with Gasteiger partial charge in [-0.2, -0.15) is 0 Å². The Morgan fingerprint density at radius 3 is 2.82 bits per heavy atom. The second-order valence-electron chi connectivity index (χ2n) is 3.52. The maximum absolute atomic E-state index is 10.9. The van der Waals surface area contributed by atoms with Crippen LogP contribution in [0.5, 0.6) is 0 Å². The molecule has 0 amide bonds. The van der Waals surface area contributed by atoms with Gasteiger partial charge in [0.05, 0.1) is 11.2 Å². The standard InChI is InChI=1S/C12H10ClNO2S/c13-9-4-2-1-3-8(9)5-6-10-11(12(15)16)17-7-14-10/h1-4,7H,5-6H2,(H,15,16). The van der Waals surface area contributed by atoms with Crippen LogP contribution in [0, 0.1) is 0 Å². The molecule has 0 saturated carbocycles. The molecule has 5 heteroatoms. The molecule has 88 valence electrons. The van der Waals surface area contributed by atoms with E-state index in [1.54, 1.807) is 5.51 Å². The van der Waals surface area contributed by atoms with E-state index >= 15 is 0 Å². The van der Waals surface area contributed by atoms with Crippen molar-refractivity contribution >= 4 is 28.9 Å². The zero-order valence-electron chi connectivity index (χ0n) is 8.89. The molecule has 2 rings (SSSR count). The summed E-state index contributed by atoms with van der Waals surface area (Å²) in [6, 6.07) is 7.56. The topological polar surface area (TPSA) is 50.2 Å². The Balaban J connectivity index is 2.10. The summed E-state index contributed by atoms with van der Waals surface area (Å²) < 4.78 is 0. The van der Waals surface area contributed by atoms with E-state index in [1.165, 1.54) is 0 Å². The van der Waals surface area contributed by atoms with Crippen LogP contribution >= 0.6 is 22.9 Å². The zero-order valence-corrected chi connectivity index (χ0v) is 10.5. The largest absolute Gasteiger partial charge is 0.477 e. The number of carboxylic acid groups (broad SMARTS) is 1. The molecule has 0 atom stereocenters. The van der Waals surface area contributed by atoms with E-state index in [0.29, 0.717) is 28.4 Å². The van der Waals surface area contributed by atoms with Crippen LogP contribution in [-0.2, 0) is 12.8 Å². The minimum atomic E-state index is -0.915. The summed E-state index contributed by atoms with van der Waals surface area (Å²) in [5.41, 5.74) is 3.20. The molecule has 17 heavy (non-hydrogen) atoms. The summed E-state index contributed by atoms with van der Waals surface area (Å²) in [6.07, 6.45) is 1.29. The lowest BCUT2D eigenvalue weighted by Gasteiger charge is -2.02. The Kier molecular flexibility index (Phi) is 3.76. The van der Waals surface area contributed by atoms with Gasteiger partial charge in [0.2, 0.25) is 0 Å². The third kappa shape index (κ3) is 2.84. The molecular weight excluding hydrogens is 258 g/mol. The van der Waals surface area contributed by atoms with Gasteiger partial charge in [-0.05, 0) is 24.5 Å². The van der Waals surface area contributed by atoms with Gasteiger partial charge in [-0.1, -0.05) is 29.8 Å². The van der Waals surface area contributed by atoms with Crippen molar-refractivity contribution in [3.8, 4) is 0 Å². The molecule has 2 aromatic rings. The highest BCUT2D eigenvalue weighted by Gasteiger charge is 2.13. The van der Waals surface area contributed by atoms with E-state index in [1.807, 2.05) is 24.3 Å². The van der Waals surface area contributed by atoms with Crippen LogP contribution in [0.25, 0.3) is 0 Å². The van der Waals surface area contributed by atoms with Crippen molar-refractivity contribution in [3.05, 3.63) is 50.9 Å². The molecule has 0 unspecified atom stereocenters. The number of aromatic nitrogens is 1. The molecule has 1 N–H and O–H groups in total. The minimum absolute atomic E-state index is 0.317. The predicted molar refractivity (Wildman–Crippen MR) is 67.9 cm³/mol. The number of carboxylic acids is 1. The first kappa shape index (κ1) is 12.1. The van der Waals surface area contributed by atoms with E-state index in [2.05, 4.69) is 4.98 Å². The Bertz CT molecular complexity index is 539. The minimum Gasteiger partial charge on any atom is -0.477 e. The van der Waals surface area contributed by atoms with Crippen molar-refractivity contribution in [2.75, 3.05) is 0 Å². The number of halogens is 1. The first-order valence-corrected chi connectivity index (χ1v) is 6.33. The zero-order chi connectivity index (χ0) is 12.3. The molecule has 0 spiro atoms. The molecule has 0 aliphatic heterocycles. The second-order valence-corrected chi connectivity index (χ2v) is 4.79. The normalized spacial score (nSPS) is 10.4. The number of hydrogen-bond donors (Lipinski definition) is 1. The number of rotatable bonds is 4. The van der Waals surface area contributed by atoms with E-state index in [0.717, 1.165) is 16.9 Å². The van der Waals surface area contributed by atoms with Gasteiger partial charge in [-0.15, -0.1) is 11.3 Å². The van der Waals surface area contributed by atoms with Crippen molar-refractivity contribution in [2.24, 2.45) is 0 Å². The van der Waals surface area contributed by atoms with Crippen LogP contribution in [0.15, 0.2) is 29.8 Å². The van der Waals surface area contributed by atoms with Crippen molar-refractivity contribution < 1.29 is 9.90 Å². The number of thiazole rings is 1. The van der Waals surface area contributed by atoms with Gasteiger partial charge < -0.3 is 5.11 Å². The molecule has 0 bridgehead atoms. The monoisotopic (exact) mass is 267 g/mol. The van der Waals surface area contributed by atoms with E-state index in [-0.39, 0.29) is 0 Å².